The second-order valence-corrected chi connectivity index (χ2v) is 3.96. The molecule has 0 saturated carbocycles. The van der Waals surface area contributed by atoms with Crippen molar-refractivity contribution in [2.45, 2.75) is 40.7 Å². The van der Waals surface area contributed by atoms with Crippen LogP contribution in [0.5, 0.6) is 0 Å². The molecule has 0 amide bonds. The summed E-state index contributed by atoms with van der Waals surface area (Å²) in [5.74, 6) is 1.76. The Labute approximate surface area is 86.4 Å². The highest BCUT2D eigenvalue weighted by molar-refractivity contribution is 5.09. The Morgan fingerprint density at radius 2 is 1.86 bits per heavy atom. The van der Waals surface area contributed by atoms with E-state index in [1.807, 2.05) is 27.7 Å². The van der Waals surface area contributed by atoms with Crippen LogP contribution in [-0.2, 0) is 14.2 Å². The van der Waals surface area contributed by atoms with Gasteiger partial charge in [0, 0.05) is 0 Å². The molecule has 0 saturated heterocycles. The minimum atomic E-state index is -0.166. The van der Waals surface area contributed by atoms with Crippen LogP contribution in [0.25, 0.3) is 0 Å². The standard InChI is InChI=1S/C10H16O3.CH4/c1-7-9(13-8(2)12-7)6-11-10(3,4)5;/h2,6H2,1,3-5H3;1H4. The van der Waals surface area contributed by atoms with Crippen LogP contribution in [-0.4, -0.2) is 12.2 Å². The lowest BCUT2D eigenvalue weighted by Gasteiger charge is -2.19. The summed E-state index contributed by atoms with van der Waals surface area (Å²) in [6.07, 6.45) is 0. The Hall–Kier alpha value is -0.960. The molecular formula is C11H20O3. The van der Waals surface area contributed by atoms with Crippen LogP contribution in [0.15, 0.2) is 24.0 Å². The predicted octanol–water partition coefficient (Wildman–Crippen LogP) is 3.19. The monoisotopic (exact) mass is 200 g/mol. The Morgan fingerprint density at radius 3 is 2.21 bits per heavy atom. The summed E-state index contributed by atoms with van der Waals surface area (Å²) in [6, 6.07) is 0. The highest BCUT2D eigenvalue weighted by atomic mass is 16.7. The molecular weight excluding hydrogens is 180 g/mol. The fourth-order valence-electron chi connectivity index (χ4n) is 0.871. The predicted molar refractivity (Wildman–Crippen MR) is 56.4 cm³/mol. The summed E-state index contributed by atoms with van der Waals surface area (Å²) in [5.41, 5.74) is -0.166. The molecule has 1 aliphatic rings. The lowest BCUT2D eigenvalue weighted by atomic mass is 10.2. The van der Waals surface area contributed by atoms with Gasteiger partial charge in [-0.3, -0.25) is 0 Å². The number of hydrogen-bond donors (Lipinski definition) is 0. The van der Waals surface area contributed by atoms with Gasteiger partial charge >= 0.3 is 0 Å². The average Bonchev–Trinajstić information content (AvgIpc) is 2.24. The molecule has 0 unspecified atom stereocenters. The minimum Gasteiger partial charge on any atom is -0.428 e. The Kier molecular flexibility index (Phi) is 4.20. The lowest BCUT2D eigenvalue weighted by Crippen LogP contribution is -2.20. The quantitative estimate of drug-likeness (QED) is 0.685. The first-order valence-corrected chi connectivity index (χ1v) is 4.27. The van der Waals surface area contributed by atoms with Gasteiger partial charge in [-0.15, -0.1) is 0 Å². The van der Waals surface area contributed by atoms with E-state index in [2.05, 4.69) is 6.58 Å². The first-order chi connectivity index (χ1) is 5.88. The molecule has 0 aromatic carbocycles. The van der Waals surface area contributed by atoms with E-state index in [-0.39, 0.29) is 13.0 Å². The normalized spacial score (nSPS) is 16.1. The number of rotatable bonds is 2. The van der Waals surface area contributed by atoms with Crippen LogP contribution in [0.1, 0.15) is 35.1 Å². The molecule has 0 radical (unpaired) electrons. The highest BCUT2D eigenvalue weighted by Gasteiger charge is 2.20. The van der Waals surface area contributed by atoms with Gasteiger partial charge in [0.1, 0.15) is 12.4 Å². The summed E-state index contributed by atoms with van der Waals surface area (Å²) in [4.78, 5) is 0. The van der Waals surface area contributed by atoms with Crippen molar-refractivity contribution in [2.75, 3.05) is 6.61 Å². The van der Waals surface area contributed by atoms with E-state index >= 15 is 0 Å². The van der Waals surface area contributed by atoms with Crippen LogP contribution in [0.3, 0.4) is 0 Å². The van der Waals surface area contributed by atoms with Gasteiger partial charge in [-0.1, -0.05) is 7.43 Å². The molecule has 0 N–H and O–H groups in total. The van der Waals surface area contributed by atoms with E-state index < -0.39 is 0 Å². The summed E-state index contributed by atoms with van der Waals surface area (Å²) < 4.78 is 15.9. The van der Waals surface area contributed by atoms with Gasteiger partial charge in [-0.05, 0) is 34.3 Å². The Balaban J connectivity index is 0.00000169. The van der Waals surface area contributed by atoms with Crippen molar-refractivity contribution < 1.29 is 14.2 Å². The number of allylic oxidation sites excluding steroid dienone is 1. The molecule has 82 valence electrons. The maximum absolute atomic E-state index is 5.53. The van der Waals surface area contributed by atoms with Crippen molar-refractivity contribution in [1.82, 2.24) is 0 Å². The van der Waals surface area contributed by atoms with Crippen molar-refractivity contribution in [1.29, 1.82) is 0 Å². The SMILES string of the molecule is C.C=C1OC(C)=C(COC(C)(C)C)O1. The molecule has 0 spiro atoms. The topological polar surface area (TPSA) is 27.7 Å². The van der Waals surface area contributed by atoms with Crippen LogP contribution < -0.4 is 0 Å². The molecule has 0 atom stereocenters. The molecule has 3 heteroatoms. The minimum absolute atomic E-state index is 0. The maximum atomic E-state index is 5.53. The first-order valence-electron chi connectivity index (χ1n) is 4.27. The Morgan fingerprint density at radius 1 is 1.29 bits per heavy atom. The van der Waals surface area contributed by atoms with Crippen LogP contribution >= 0.6 is 0 Å². The third-order valence-electron chi connectivity index (χ3n) is 1.53. The van der Waals surface area contributed by atoms with Crippen molar-refractivity contribution in [3.63, 3.8) is 0 Å². The van der Waals surface area contributed by atoms with E-state index in [9.17, 15) is 0 Å². The fourth-order valence-corrected chi connectivity index (χ4v) is 0.871. The second-order valence-electron chi connectivity index (χ2n) is 3.96. The third-order valence-corrected chi connectivity index (χ3v) is 1.53. The van der Waals surface area contributed by atoms with Crippen molar-refractivity contribution in [3.8, 4) is 0 Å². The maximum Gasteiger partial charge on any atom is 0.282 e. The van der Waals surface area contributed by atoms with Gasteiger partial charge in [0.15, 0.2) is 5.76 Å². The van der Waals surface area contributed by atoms with E-state index in [0.29, 0.717) is 18.3 Å². The Bertz CT molecular complexity index is 246. The van der Waals surface area contributed by atoms with E-state index in [1.165, 1.54) is 0 Å². The van der Waals surface area contributed by atoms with Gasteiger partial charge in [0.05, 0.1) is 5.60 Å². The summed E-state index contributed by atoms with van der Waals surface area (Å²) in [5, 5.41) is 0. The molecule has 0 aliphatic carbocycles. The van der Waals surface area contributed by atoms with E-state index in [1.54, 1.807) is 0 Å². The van der Waals surface area contributed by atoms with Crippen LogP contribution in [0.2, 0.25) is 0 Å². The molecule has 1 heterocycles. The molecule has 0 aromatic heterocycles. The molecule has 0 bridgehead atoms. The van der Waals surface area contributed by atoms with Crippen molar-refractivity contribution in [2.24, 2.45) is 0 Å². The van der Waals surface area contributed by atoms with Crippen LogP contribution in [0, 0.1) is 0 Å². The summed E-state index contributed by atoms with van der Waals surface area (Å²) >= 11 is 0. The zero-order valence-electron chi connectivity index (χ0n) is 8.64. The molecule has 0 fully saturated rings. The van der Waals surface area contributed by atoms with Gasteiger partial charge in [-0.2, -0.15) is 0 Å². The molecule has 1 rings (SSSR count). The van der Waals surface area contributed by atoms with E-state index in [4.69, 9.17) is 14.2 Å². The third kappa shape index (κ3) is 3.83. The highest BCUT2D eigenvalue weighted by Crippen LogP contribution is 2.24. The molecule has 3 nitrogen and oxygen atoms in total. The molecule has 1 aliphatic heterocycles. The molecule has 0 aromatic rings. The van der Waals surface area contributed by atoms with Crippen molar-refractivity contribution in [3.05, 3.63) is 24.0 Å². The van der Waals surface area contributed by atoms with Gasteiger partial charge in [0.2, 0.25) is 0 Å². The number of ether oxygens (including phenoxy) is 3. The van der Waals surface area contributed by atoms with Crippen LogP contribution in [0.4, 0.5) is 0 Å². The van der Waals surface area contributed by atoms with Gasteiger partial charge in [-0.25, -0.2) is 0 Å². The smallest absolute Gasteiger partial charge is 0.282 e. The zero-order chi connectivity index (χ0) is 10.1. The first kappa shape index (κ1) is 13.0. The average molecular weight is 200 g/mol. The largest absolute Gasteiger partial charge is 0.428 e. The molecule has 14 heavy (non-hydrogen) atoms. The summed E-state index contributed by atoms with van der Waals surface area (Å²) in [6.45, 7) is 11.8. The van der Waals surface area contributed by atoms with Crippen molar-refractivity contribution >= 4 is 0 Å². The van der Waals surface area contributed by atoms with E-state index in [0.717, 1.165) is 5.76 Å². The number of hydrogen-bond acceptors (Lipinski definition) is 3. The van der Waals surface area contributed by atoms with Gasteiger partial charge in [0.25, 0.3) is 5.95 Å². The lowest BCUT2D eigenvalue weighted by molar-refractivity contribution is -0.00422. The summed E-state index contributed by atoms with van der Waals surface area (Å²) in [7, 11) is 0. The van der Waals surface area contributed by atoms with Gasteiger partial charge < -0.3 is 14.2 Å². The fraction of sp³-hybridized carbons (Fsp3) is 0.636. The second kappa shape index (κ2) is 4.51. The zero-order valence-corrected chi connectivity index (χ0v) is 8.64.